The summed E-state index contributed by atoms with van der Waals surface area (Å²) in [6.45, 7) is 2.53. The van der Waals surface area contributed by atoms with Crippen molar-refractivity contribution in [2.75, 3.05) is 26.0 Å². The molecular weight excluding hydrogens is 192 g/mol. The van der Waals surface area contributed by atoms with Crippen molar-refractivity contribution in [1.29, 1.82) is 0 Å². The van der Waals surface area contributed by atoms with Gasteiger partial charge in [-0.15, -0.1) is 5.10 Å². The molecule has 0 spiro atoms. The zero-order valence-electron chi connectivity index (χ0n) is 9.32. The van der Waals surface area contributed by atoms with Crippen molar-refractivity contribution in [2.24, 2.45) is 0 Å². The number of aromatic nitrogens is 2. The lowest BCUT2D eigenvalue weighted by atomic mass is 10.3. The van der Waals surface area contributed by atoms with Gasteiger partial charge in [-0.05, 0) is 18.6 Å². The summed E-state index contributed by atoms with van der Waals surface area (Å²) < 4.78 is 0. The van der Waals surface area contributed by atoms with E-state index in [9.17, 15) is 4.79 Å². The van der Waals surface area contributed by atoms with Gasteiger partial charge in [-0.25, -0.2) is 0 Å². The average molecular weight is 208 g/mol. The fraction of sp³-hybridized carbons (Fsp3) is 0.500. The zero-order valence-corrected chi connectivity index (χ0v) is 9.32. The Morgan fingerprint density at radius 3 is 2.87 bits per heavy atom. The quantitative estimate of drug-likeness (QED) is 0.790. The fourth-order valence-corrected chi connectivity index (χ4v) is 1.07. The number of aryl methyl sites for hydroxylation is 1. The van der Waals surface area contributed by atoms with Gasteiger partial charge in [0, 0.05) is 27.1 Å². The molecule has 1 rings (SSSR count). The van der Waals surface area contributed by atoms with Crippen LogP contribution in [0.15, 0.2) is 12.3 Å². The molecule has 1 heterocycles. The van der Waals surface area contributed by atoms with Crippen LogP contribution in [0.2, 0.25) is 0 Å². The molecule has 5 nitrogen and oxygen atoms in total. The van der Waals surface area contributed by atoms with E-state index in [-0.39, 0.29) is 5.91 Å². The highest BCUT2D eigenvalue weighted by Crippen LogP contribution is 2.03. The van der Waals surface area contributed by atoms with Crippen molar-refractivity contribution in [3.63, 3.8) is 0 Å². The maximum Gasteiger partial charge on any atom is 0.223 e. The van der Waals surface area contributed by atoms with Gasteiger partial charge in [0.25, 0.3) is 0 Å². The lowest BCUT2D eigenvalue weighted by Gasteiger charge is -2.10. The second-order valence-corrected chi connectivity index (χ2v) is 3.58. The molecular formula is C10H16N4O. The maximum atomic E-state index is 11.2. The molecule has 0 atom stereocenters. The van der Waals surface area contributed by atoms with Crippen LogP contribution in [0.1, 0.15) is 12.0 Å². The first-order valence-electron chi connectivity index (χ1n) is 4.83. The Balaban J connectivity index is 2.35. The van der Waals surface area contributed by atoms with E-state index in [1.54, 1.807) is 25.2 Å². The summed E-state index contributed by atoms with van der Waals surface area (Å²) in [5.41, 5.74) is 1.05. The van der Waals surface area contributed by atoms with E-state index >= 15 is 0 Å². The Labute approximate surface area is 89.5 Å². The van der Waals surface area contributed by atoms with Crippen molar-refractivity contribution in [3.8, 4) is 0 Å². The highest BCUT2D eigenvalue weighted by molar-refractivity contribution is 5.76. The van der Waals surface area contributed by atoms with Crippen molar-refractivity contribution < 1.29 is 4.79 Å². The minimum Gasteiger partial charge on any atom is -0.368 e. The highest BCUT2D eigenvalue weighted by Gasteiger charge is 2.03. The standard InChI is InChI=1S/C10H16N4O/c1-8-6-9(13-12-7-8)11-5-4-10(15)14(2)3/h6-7H,4-5H2,1-3H3,(H,11,13). The smallest absolute Gasteiger partial charge is 0.223 e. The molecule has 1 aromatic rings. The number of carbonyl (C=O) groups is 1. The molecule has 0 aliphatic carbocycles. The van der Waals surface area contributed by atoms with E-state index in [0.717, 1.165) is 5.56 Å². The summed E-state index contributed by atoms with van der Waals surface area (Å²) in [4.78, 5) is 12.8. The van der Waals surface area contributed by atoms with E-state index in [1.165, 1.54) is 0 Å². The monoisotopic (exact) mass is 208 g/mol. The predicted molar refractivity (Wildman–Crippen MR) is 58.6 cm³/mol. The number of carbonyl (C=O) groups excluding carboxylic acids is 1. The lowest BCUT2D eigenvalue weighted by molar-refractivity contribution is -0.128. The average Bonchev–Trinajstić information content (AvgIpc) is 2.17. The van der Waals surface area contributed by atoms with E-state index < -0.39 is 0 Å². The molecule has 0 aromatic carbocycles. The molecule has 15 heavy (non-hydrogen) atoms. The van der Waals surface area contributed by atoms with Gasteiger partial charge in [-0.1, -0.05) is 0 Å². The summed E-state index contributed by atoms with van der Waals surface area (Å²) in [7, 11) is 3.49. The second-order valence-electron chi connectivity index (χ2n) is 3.58. The maximum absolute atomic E-state index is 11.2. The summed E-state index contributed by atoms with van der Waals surface area (Å²) >= 11 is 0. The first-order valence-corrected chi connectivity index (χ1v) is 4.83. The number of anilines is 1. The third-order valence-corrected chi connectivity index (χ3v) is 1.94. The molecule has 0 unspecified atom stereocenters. The number of amides is 1. The van der Waals surface area contributed by atoms with Gasteiger partial charge < -0.3 is 10.2 Å². The van der Waals surface area contributed by atoms with Gasteiger partial charge in [0.1, 0.15) is 5.82 Å². The van der Waals surface area contributed by atoms with Gasteiger partial charge in [0.05, 0.1) is 6.20 Å². The molecule has 0 aliphatic heterocycles. The molecule has 0 saturated heterocycles. The number of nitrogens with one attached hydrogen (secondary N) is 1. The Morgan fingerprint density at radius 1 is 1.53 bits per heavy atom. The van der Waals surface area contributed by atoms with E-state index in [1.807, 2.05) is 13.0 Å². The van der Waals surface area contributed by atoms with E-state index in [0.29, 0.717) is 18.8 Å². The lowest BCUT2D eigenvalue weighted by Crippen LogP contribution is -2.24. The fourth-order valence-electron chi connectivity index (χ4n) is 1.07. The summed E-state index contributed by atoms with van der Waals surface area (Å²) in [6.07, 6.45) is 2.15. The van der Waals surface area contributed by atoms with Gasteiger partial charge in [-0.2, -0.15) is 5.10 Å². The molecule has 1 amide bonds. The Morgan fingerprint density at radius 2 is 2.27 bits per heavy atom. The molecule has 0 fully saturated rings. The van der Waals surface area contributed by atoms with Crippen molar-refractivity contribution in [3.05, 3.63) is 17.8 Å². The van der Waals surface area contributed by atoms with Crippen LogP contribution in [0.3, 0.4) is 0 Å². The van der Waals surface area contributed by atoms with Gasteiger partial charge in [0.2, 0.25) is 5.91 Å². The molecule has 0 aliphatic rings. The first-order chi connectivity index (χ1) is 7.09. The molecule has 1 aromatic heterocycles. The topological polar surface area (TPSA) is 58.1 Å². The van der Waals surface area contributed by atoms with Gasteiger partial charge in [0.15, 0.2) is 0 Å². The summed E-state index contributed by atoms with van der Waals surface area (Å²) in [5, 5.41) is 10.8. The normalized spacial score (nSPS) is 9.80. The van der Waals surface area contributed by atoms with Crippen LogP contribution in [0.4, 0.5) is 5.82 Å². The van der Waals surface area contributed by atoms with Gasteiger partial charge in [-0.3, -0.25) is 4.79 Å². The molecule has 82 valence electrons. The van der Waals surface area contributed by atoms with E-state index in [2.05, 4.69) is 15.5 Å². The SMILES string of the molecule is Cc1cnnc(NCCC(=O)N(C)C)c1. The number of hydrogen-bond donors (Lipinski definition) is 1. The highest BCUT2D eigenvalue weighted by atomic mass is 16.2. The molecule has 0 bridgehead atoms. The zero-order chi connectivity index (χ0) is 11.3. The largest absolute Gasteiger partial charge is 0.368 e. The molecule has 0 saturated carbocycles. The number of hydrogen-bond acceptors (Lipinski definition) is 4. The van der Waals surface area contributed by atoms with Crippen LogP contribution < -0.4 is 5.32 Å². The Bertz CT molecular complexity index is 338. The molecule has 1 N–H and O–H groups in total. The van der Waals surface area contributed by atoms with Crippen LogP contribution in [0.25, 0.3) is 0 Å². The molecule has 5 heteroatoms. The Kier molecular flexibility index (Phi) is 4.03. The van der Waals surface area contributed by atoms with Crippen LogP contribution in [-0.4, -0.2) is 41.6 Å². The summed E-state index contributed by atoms with van der Waals surface area (Å²) in [5.74, 6) is 0.810. The minimum atomic E-state index is 0.100. The van der Waals surface area contributed by atoms with Crippen molar-refractivity contribution >= 4 is 11.7 Å². The van der Waals surface area contributed by atoms with Crippen LogP contribution in [-0.2, 0) is 4.79 Å². The number of nitrogens with zero attached hydrogens (tertiary/aromatic N) is 3. The molecule has 0 radical (unpaired) electrons. The number of rotatable bonds is 4. The predicted octanol–water partition coefficient (Wildman–Crippen LogP) is 0.675. The van der Waals surface area contributed by atoms with Crippen LogP contribution in [0, 0.1) is 6.92 Å². The summed E-state index contributed by atoms with van der Waals surface area (Å²) in [6, 6.07) is 1.90. The second kappa shape index (κ2) is 5.29. The third kappa shape index (κ3) is 3.93. The van der Waals surface area contributed by atoms with Crippen LogP contribution >= 0.6 is 0 Å². The third-order valence-electron chi connectivity index (χ3n) is 1.94. The van der Waals surface area contributed by atoms with Gasteiger partial charge >= 0.3 is 0 Å². The van der Waals surface area contributed by atoms with Crippen molar-refractivity contribution in [1.82, 2.24) is 15.1 Å². The van der Waals surface area contributed by atoms with E-state index in [4.69, 9.17) is 0 Å². The van der Waals surface area contributed by atoms with Crippen LogP contribution in [0.5, 0.6) is 0 Å². The first kappa shape index (κ1) is 11.4. The minimum absolute atomic E-state index is 0.100. The Hall–Kier alpha value is -1.65. The van der Waals surface area contributed by atoms with Crippen molar-refractivity contribution in [2.45, 2.75) is 13.3 Å².